The van der Waals surface area contributed by atoms with Crippen LogP contribution in [0.15, 0.2) is 35.5 Å². The third-order valence-electron chi connectivity index (χ3n) is 8.85. The van der Waals surface area contributed by atoms with Crippen molar-refractivity contribution in [2.45, 2.75) is 111 Å². The monoisotopic (exact) mass is 414 g/mol. The average molecular weight is 415 g/mol. The minimum absolute atomic E-state index is 0.223. The van der Waals surface area contributed by atoms with Crippen LogP contribution in [0.25, 0.3) is 0 Å². The summed E-state index contributed by atoms with van der Waals surface area (Å²) < 4.78 is 0. The molecule has 0 aliphatic heterocycles. The van der Waals surface area contributed by atoms with Gasteiger partial charge < -0.3 is 10.2 Å². The molecule has 2 heteroatoms. The first-order valence-electron chi connectivity index (χ1n) is 12.5. The Labute approximate surface area is 185 Å². The van der Waals surface area contributed by atoms with Crippen molar-refractivity contribution in [3.05, 3.63) is 35.5 Å². The zero-order chi connectivity index (χ0) is 22.1. The van der Waals surface area contributed by atoms with Gasteiger partial charge in [-0.05, 0) is 88.4 Å². The lowest BCUT2D eigenvalue weighted by Crippen LogP contribution is -2.36. The topological polar surface area (TPSA) is 40.5 Å². The molecule has 2 nitrogen and oxygen atoms in total. The van der Waals surface area contributed by atoms with Crippen LogP contribution in [0.3, 0.4) is 0 Å². The summed E-state index contributed by atoms with van der Waals surface area (Å²) in [6.45, 7) is 15.2. The second-order valence-electron chi connectivity index (χ2n) is 11.7. The summed E-state index contributed by atoms with van der Waals surface area (Å²) in [7, 11) is 0. The van der Waals surface area contributed by atoms with E-state index in [1.165, 1.54) is 49.7 Å². The summed E-state index contributed by atoms with van der Waals surface area (Å²) in [4.78, 5) is 0. The molecule has 0 spiro atoms. The lowest BCUT2D eigenvalue weighted by atomic mass is 9.60. The highest BCUT2D eigenvalue weighted by molar-refractivity contribution is 5.29. The van der Waals surface area contributed by atoms with Gasteiger partial charge in [0, 0.05) is 5.92 Å². The van der Waals surface area contributed by atoms with Gasteiger partial charge in [0.25, 0.3) is 0 Å². The second kappa shape index (κ2) is 9.33. The molecule has 0 radical (unpaired) electrons. The highest BCUT2D eigenvalue weighted by Gasteiger charge is 2.50. The van der Waals surface area contributed by atoms with Gasteiger partial charge in [-0.25, -0.2) is 0 Å². The van der Waals surface area contributed by atoms with Crippen LogP contribution in [0, 0.1) is 29.1 Å². The van der Waals surface area contributed by atoms with E-state index in [0.29, 0.717) is 5.41 Å². The molecule has 0 heterocycles. The predicted molar refractivity (Wildman–Crippen MR) is 127 cm³/mol. The Hall–Kier alpha value is -0.860. The van der Waals surface area contributed by atoms with E-state index in [9.17, 15) is 10.2 Å². The van der Waals surface area contributed by atoms with Crippen LogP contribution in [-0.2, 0) is 0 Å². The van der Waals surface area contributed by atoms with Gasteiger partial charge in [0.05, 0.1) is 11.7 Å². The third-order valence-corrected chi connectivity index (χ3v) is 8.85. The number of aliphatic hydroxyl groups is 2. The molecule has 3 aliphatic rings. The van der Waals surface area contributed by atoms with Gasteiger partial charge in [-0.3, -0.25) is 0 Å². The number of hydrogen-bond acceptors (Lipinski definition) is 2. The van der Waals surface area contributed by atoms with Crippen molar-refractivity contribution in [2.24, 2.45) is 29.1 Å². The molecule has 3 rings (SSSR count). The predicted octanol–water partition coefficient (Wildman–Crippen LogP) is 6.98. The number of fused-ring (bicyclic) bond motifs is 1. The Balaban J connectivity index is 1.67. The van der Waals surface area contributed by atoms with Crippen LogP contribution in [-0.4, -0.2) is 21.9 Å². The lowest BCUT2D eigenvalue weighted by Gasteiger charge is -2.44. The van der Waals surface area contributed by atoms with Crippen LogP contribution < -0.4 is 0 Å². The molecule has 3 saturated carbocycles. The first-order valence-corrected chi connectivity index (χ1v) is 12.5. The van der Waals surface area contributed by atoms with Crippen molar-refractivity contribution in [3.63, 3.8) is 0 Å². The number of aliphatic hydroxyl groups excluding tert-OH is 1. The Morgan fingerprint density at radius 1 is 1.27 bits per heavy atom. The van der Waals surface area contributed by atoms with Crippen molar-refractivity contribution >= 4 is 0 Å². The van der Waals surface area contributed by atoms with Crippen LogP contribution in [0.5, 0.6) is 0 Å². The van der Waals surface area contributed by atoms with Crippen molar-refractivity contribution < 1.29 is 10.2 Å². The highest BCUT2D eigenvalue weighted by Crippen LogP contribution is 2.60. The smallest absolute Gasteiger partial charge is 0.0640 e. The maximum absolute atomic E-state index is 10.3. The molecule has 30 heavy (non-hydrogen) atoms. The van der Waals surface area contributed by atoms with Gasteiger partial charge in [-0.1, -0.05) is 69.1 Å². The van der Waals surface area contributed by atoms with E-state index in [-0.39, 0.29) is 12.0 Å². The Bertz CT molecular complexity index is 679. The molecule has 3 fully saturated rings. The quantitative estimate of drug-likeness (QED) is 0.460. The molecule has 6 atom stereocenters. The molecule has 0 unspecified atom stereocenters. The average Bonchev–Trinajstić information content (AvgIpc) is 3.00. The van der Waals surface area contributed by atoms with Crippen LogP contribution >= 0.6 is 0 Å². The van der Waals surface area contributed by atoms with Crippen molar-refractivity contribution in [3.8, 4) is 0 Å². The number of hydrogen-bond donors (Lipinski definition) is 2. The van der Waals surface area contributed by atoms with Gasteiger partial charge in [0.2, 0.25) is 0 Å². The molecule has 0 bridgehead atoms. The van der Waals surface area contributed by atoms with E-state index < -0.39 is 5.60 Å². The minimum Gasteiger partial charge on any atom is -0.392 e. The van der Waals surface area contributed by atoms with Gasteiger partial charge in [0.15, 0.2) is 0 Å². The summed E-state index contributed by atoms with van der Waals surface area (Å²) in [5, 5.41) is 20.4. The third kappa shape index (κ3) is 5.30. The summed E-state index contributed by atoms with van der Waals surface area (Å²) in [5.41, 5.74) is 4.07. The summed E-state index contributed by atoms with van der Waals surface area (Å²) in [5.74, 6) is 2.48. The molecule has 170 valence electrons. The Kier molecular flexibility index (Phi) is 7.40. The van der Waals surface area contributed by atoms with Crippen LogP contribution in [0.1, 0.15) is 98.8 Å². The Morgan fingerprint density at radius 2 is 2.00 bits per heavy atom. The zero-order valence-electron chi connectivity index (χ0n) is 20.2. The molecular formula is C28H46O2. The second-order valence-corrected chi connectivity index (χ2v) is 11.7. The first kappa shape index (κ1) is 23.8. The summed E-state index contributed by atoms with van der Waals surface area (Å²) in [6, 6.07) is 0. The van der Waals surface area contributed by atoms with E-state index in [4.69, 9.17) is 0 Å². The molecule has 3 aliphatic carbocycles. The fourth-order valence-corrected chi connectivity index (χ4v) is 6.87. The lowest BCUT2D eigenvalue weighted by molar-refractivity contribution is 0.0596. The first-order chi connectivity index (χ1) is 14.0. The SMILES string of the molecule is C=C1C/C(=C\C=C2/CCC[C@@]3(C)[C@@H]2CC[C@@H]3[C@H](C)CCCC(C)(C)O)C[C@@H](O)[C@@H]1C. The van der Waals surface area contributed by atoms with E-state index >= 15 is 0 Å². The van der Waals surface area contributed by atoms with E-state index in [2.05, 4.69) is 39.5 Å². The maximum Gasteiger partial charge on any atom is 0.0640 e. The molecular weight excluding hydrogens is 368 g/mol. The van der Waals surface area contributed by atoms with Gasteiger partial charge >= 0.3 is 0 Å². The highest BCUT2D eigenvalue weighted by atomic mass is 16.3. The van der Waals surface area contributed by atoms with Crippen molar-refractivity contribution in [1.82, 2.24) is 0 Å². The normalized spacial score (nSPS) is 38.8. The maximum atomic E-state index is 10.3. The molecule has 0 saturated heterocycles. The van der Waals surface area contributed by atoms with Gasteiger partial charge in [0.1, 0.15) is 0 Å². The molecule has 0 aromatic carbocycles. The van der Waals surface area contributed by atoms with Gasteiger partial charge in [-0.15, -0.1) is 0 Å². The summed E-state index contributed by atoms with van der Waals surface area (Å²) >= 11 is 0. The van der Waals surface area contributed by atoms with Crippen LogP contribution in [0.4, 0.5) is 0 Å². The standard InChI is InChI=1S/C28H46O2/c1-19(9-7-15-27(4,5)30)24-13-14-25-23(10-8-16-28(24,25)6)12-11-22-17-20(2)21(3)26(29)18-22/h11-12,19,21,24-26,29-30H,2,7-10,13-18H2,1,3-6H3/b22-11+,23-12+/t19-,21-,24-,25-,26-,28-/m1/s1. The van der Waals surface area contributed by atoms with E-state index in [0.717, 1.165) is 43.4 Å². The van der Waals surface area contributed by atoms with Crippen LogP contribution in [0.2, 0.25) is 0 Å². The molecule has 2 N–H and O–H groups in total. The van der Waals surface area contributed by atoms with Gasteiger partial charge in [-0.2, -0.15) is 0 Å². The molecule has 0 aromatic heterocycles. The minimum atomic E-state index is -0.536. The van der Waals surface area contributed by atoms with Crippen molar-refractivity contribution in [2.75, 3.05) is 0 Å². The molecule has 0 aromatic rings. The number of rotatable bonds is 6. The molecule has 0 amide bonds. The fourth-order valence-electron chi connectivity index (χ4n) is 6.87. The van der Waals surface area contributed by atoms with Crippen molar-refractivity contribution in [1.29, 1.82) is 0 Å². The number of allylic oxidation sites excluding steroid dienone is 3. The fraction of sp³-hybridized carbons (Fsp3) is 0.786. The van der Waals surface area contributed by atoms with E-state index in [1.54, 1.807) is 5.57 Å². The zero-order valence-corrected chi connectivity index (χ0v) is 20.2. The summed E-state index contributed by atoms with van der Waals surface area (Å²) in [6.07, 6.45) is 16.1. The van der Waals surface area contributed by atoms with E-state index in [1.807, 2.05) is 13.8 Å². The largest absolute Gasteiger partial charge is 0.392 e. The Morgan fingerprint density at radius 3 is 2.67 bits per heavy atom.